The van der Waals surface area contributed by atoms with Crippen molar-refractivity contribution in [3.63, 3.8) is 0 Å². The van der Waals surface area contributed by atoms with E-state index in [1.807, 2.05) is 0 Å². The van der Waals surface area contributed by atoms with Crippen molar-refractivity contribution in [2.75, 3.05) is 13.1 Å². The molecule has 1 rings (SSSR count). The predicted molar refractivity (Wildman–Crippen MR) is 45.1 cm³/mol. The van der Waals surface area contributed by atoms with Gasteiger partial charge in [0.15, 0.2) is 0 Å². The lowest BCUT2D eigenvalue weighted by atomic mass is 9.83. The Hall–Kier alpha value is -0.0400. The van der Waals surface area contributed by atoms with Gasteiger partial charge in [-0.2, -0.15) is 0 Å². The van der Waals surface area contributed by atoms with Gasteiger partial charge >= 0.3 is 0 Å². The van der Waals surface area contributed by atoms with E-state index in [0.717, 1.165) is 5.92 Å². The summed E-state index contributed by atoms with van der Waals surface area (Å²) in [7, 11) is 0. The minimum atomic E-state index is 1.07. The highest BCUT2D eigenvalue weighted by molar-refractivity contribution is 4.69. The van der Waals surface area contributed by atoms with Crippen LogP contribution >= 0.6 is 0 Å². The van der Waals surface area contributed by atoms with Crippen LogP contribution in [0.3, 0.4) is 0 Å². The van der Waals surface area contributed by atoms with Gasteiger partial charge in [-0.25, -0.2) is 0 Å². The zero-order chi connectivity index (χ0) is 7.23. The molecule has 0 spiro atoms. The average molecular weight is 141 g/mol. The summed E-state index contributed by atoms with van der Waals surface area (Å²) < 4.78 is 0. The second kappa shape index (κ2) is 4.73. The molecular formula is C9H19N. The van der Waals surface area contributed by atoms with Gasteiger partial charge in [0, 0.05) is 0 Å². The van der Waals surface area contributed by atoms with Crippen LogP contribution in [0.1, 0.15) is 39.0 Å². The van der Waals surface area contributed by atoms with Crippen LogP contribution in [0.25, 0.3) is 0 Å². The van der Waals surface area contributed by atoms with Crippen LogP contribution in [0.15, 0.2) is 0 Å². The van der Waals surface area contributed by atoms with Gasteiger partial charge in [-0.1, -0.05) is 26.2 Å². The van der Waals surface area contributed by atoms with Gasteiger partial charge in [0.25, 0.3) is 0 Å². The standard InChI is InChI=1S/C9H19N/c1-2-7-10-8-6-9-4-3-5-9/h9-10H,2-8H2,1H3. The lowest BCUT2D eigenvalue weighted by molar-refractivity contribution is 0.292. The topological polar surface area (TPSA) is 12.0 Å². The number of hydrogen-bond donors (Lipinski definition) is 1. The molecule has 0 aromatic carbocycles. The lowest BCUT2D eigenvalue weighted by Crippen LogP contribution is -2.21. The van der Waals surface area contributed by atoms with E-state index in [-0.39, 0.29) is 0 Å². The van der Waals surface area contributed by atoms with E-state index in [2.05, 4.69) is 12.2 Å². The third-order valence-corrected chi connectivity index (χ3v) is 2.38. The molecule has 1 fully saturated rings. The number of rotatable bonds is 5. The molecule has 0 bridgehead atoms. The van der Waals surface area contributed by atoms with Crippen LogP contribution in [-0.2, 0) is 0 Å². The van der Waals surface area contributed by atoms with Gasteiger partial charge in [-0.3, -0.25) is 0 Å². The van der Waals surface area contributed by atoms with E-state index in [1.54, 1.807) is 0 Å². The van der Waals surface area contributed by atoms with Gasteiger partial charge in [-0.05, 0) is 31.8 Å². The minimum absolute atomic E-state index is 1.07. The fourth-order valence-corrected chi connectivity index (χ4v) is 1.39. The first-order valence-corrected chi connectivity index (χ1v) is 4.64. The third-order valence-electron chi connectivity index (χ3n) is 2.38. The molecular weight excluding hydrogens is 122 g/mol. The maximum Gasteiger partial charge on any atom is -0.00463 e. The molecule has 0 amide bonds. The summed E-state index contributed by atoms with van der Waals surface area (Å²) in [6.07, 6.45) is 7.16. The Labute approximate surface area is 64.2 Å². The zero-order valence-corrected chi connectivity index (χ0v) is 7.03. The molecule has 0 aliphatic heterocycles. The van der Waals surface area contributed by atoms with E-state index in [9.17, 15) is 0 Å². The molecule has 0 radical (unpaired) electrons. The lowest BCUT2D eigenvalue weighted by Gasteiger charge is -2.25. The second-order valence-electron chi connectivity index (χ2n) is 3.34. The van der Waals surface area contributed by atoms with E-state index in [1.165, 1.54) is 45.2 Å². The molecule has 0 atom stereocenters. The summed E-state index contributed by atoms with van der Waals surface area (Å²) in [6.45, 7) is 4.67. The summed E-state index contributed by atoms with van der Waals surface area (Å²) >= 11 is 0. The Bertz CT molecular complexity index is 76.8. The molecule has 10 heavy (non-hydrogen) atoms. The molecule has 0 aromatic rings. The van der Waals surface area contributed by atoms with Crippen LogP contribution in [0, 0.1) is 5.92 Å². The first-order valence-electron chi connectivity index (χ1n) is 4.64. The normalized spacial score (nSPS) is 18.9. The van der Waals surface area contributed by atoms with E-state index >= 15 is 0 Å². The van der Waals surface area contributed by atoms with Crippen LogP contribution in [0.2, 0.25) is 0 Å². The van der Waals surface area contributed by atoms with Crippen LogP contribution < -0.4 is 5.32 Å². The van der Waals surface area contributed by atoms with Crippen LogP contribution in [0.5, 0.6) is 0 Å². The molecule has 1 aliphatic carbocycles. The fraction of sp³-hybridized carbons (Fsp3) is 1.00. The largest absolute Gasteiger partial charge is 0.317 e. The Morgan fingerprint density at radius 3 is 2.60 bits per heavy atom. The van der Waals surface area contributed by atoms with Gasteiger partial charge < -0.3 is 5.32 Å². The van der Waals surface area contributed by atoms with Crippen LogP contribution in [-0.4, -0.2) is 13.1 Å². The summed E-state index contributed by atoms with van der Waals surface area (Å²) in [6, 6.07) is 0. The molecule has 1 saturated carbocycles. The molecule has 60 valence electrons. The quantitative estimate of drug-likeness (QED) is 0.579. The smallest absolute Gasteiger partial charge is 0.00463 e. The van der Waals surface area contributed by atoms with Crippen molar-refractivity contribution in [2.24, 2.45) is 5.92 Å². The molecule has 0 saturated heterocycles. The number of hydrogen-bond acceptors (Lipinski definition) is 1. The Kier molecular flexibility index (Phi) is 3.81. The van der Waals surface area contributed by atoms with Crippen molar-refractivity contribution in [3.8, 4) is 0 Å². The highest BCUT2D eigenvalue weighted by atomic mass is 14.8. The zero-order valence-electron chi connectivity index (χ0n) is 7.03. The van der Waals surface area contributed by atoms with Crippen molar-refractivity contribution < 1.29 is 0 Å². The molecule has 1 N–H and O–H groups in total. The SMILES string of the molecule is CCCNCCC1CCC1. The predicted octanol–water partition coefficient (Wildman–Crippen LogP) is 2.18. The summed E-state index contributed by atoms with van der Waals surface area (Å²) in [5.41, 5.74) is 0. The van der Waals surface area contributed by atoms with Crippen molar-refractivity contribution in [1.82, 2.24) is 5.32 Å². The molecule has 1 heteroatoms. The van der Waals surface area contributed by atoms with Gasteiger partial charge in [0.2, 0.25) is 0 Å². The summed E-state index contributed by atoms with van der Waals surface area (Å²) in [4.78, 5) is 0. The monoisotopic (exact) mass is 141 g/mol. The molecule has 0 heterocycles. The Morgan fingerprint density at radius 1 is 1.30 bits per heavy atom. The molecule has 0 unspecified atom stereocenters. The van der Waals surface area contributed by atoms with Gasteiger partial charge in [-0.15, -0.1) is 0 Å². The highest BCUT2D eigenvalue weighted by Crippen LogP contribution is 2.28. The maximum atomic E-state index is 3.43. The molecule has 1 aliphatic rings. The Morgan fingerprint density at radius 2 is 2.10 bits per heavy atom. The van der Waals surface area contributed by atoms with Crippen molar-refractivity contribution in [1.29, 1.82) is 0 Å². The maximum absolute atomic E-state index is 3.43. The van der Waals surface area contributed by atoms with Crippen molar-refractivity contribution >= 4 is 0 Å². The summed E-state index contributed by atoms with van der Waals surface area (Å²) in [5.74, 6) is 1.07. The first-order chi connectivity index (χ1) is 4.93. The van der Waals surface area contributed by atoms with E-state index < -0.39 is 0 Å². The van der Waals surface area contributed by atoms with Crippen molar-refractivity contribution in [3.05, 3.63) is 0 Å². The average Bonchev–Trinajstić information content (AvgIpc) is 1.84. The van der Waals surface area contributed by atoms with Gasteiger partial charge in [0.1, 0.15) is 0 Å². The summed E-state index contributed by atoms with van der Waals surface area (Å²) in [5, 5.41) is 3.43. The van der Waals surface area contributed by atoms with Gasteiger partial charge in [0.05, 0.1) is 0 Å². The van der Waals surface area contributed by atoms with E-state index in [4.69, 9.17) is 0 Å². The molecule has 0 aromatic heterocycles. The highest BCUT2D eigenvalue weighted by Gasteiger charge is 2.15. The van der Waals surface area contributed by atoms with Crippen molar-refractivity contribution in [2.45, 2.75) is 39.0 Å². The minimum Gasteiger partial charge on any atom is -0.317 e. The second-order valence-corrected chi connectivity index (χ2v) is 3.34. The third kappa shape index (κ3) is 2.70. The van der Waals surface area contributed by atoms with Crippen LogP contribution in [0.4, 0.5) is 0 Å². The Balaban J connectivity index is 1.76. The van der Waals surface area contributed by atoms with E-state index in [0.29, 0.717) is 0 Å². The molecule has 1 nitrogen and oxygen atoms in total. The fourth-order valence-electron chi connectivity index (χ4n) is 1.39. The first kappa shape index (κ1) is 8.06. The number of nitrogens with one attached hydrogen (secondary N) is 1.